The van der Waals surface area contributed by atoms with Crippen LogP contribution in [-0.4, -0.2) is 61.1 Å². The summed E-state index contributed by atoms with van der Waals surface area (Å²) in [7, 11) is 2.12. The van der Waals surface area contributed by atoms with Crippen molar-refractivity contribution < 1.29 is 19.3 Å². The fraction of sp³-hybridized carbons (Fsp3) is 0.625. The van der Waals surface area contributed by atoms with Crippen LogP contribution in [0.15, 0.2) is 18.2 Å². The van der Waals surface area contributed by atoms with Gasteiger partial charge < -0.3 is 25.2 Å². The van der Waals surface area contributed by atoms with Crippen LogP contribution in [0.2, 0.25) is 0 Å². The lowest BCUT2D eigenvalue weighted by molar-refractivity contribution is 0.105. The van der Waals surface area contributed by atoms with Gasteiger partial charge in [-0.25, -0.2) is 4.39 Å². The average molecular weight is 312 g/mol. The highest BCUT2D eigenvalue weighted by Gasteiger charge is 2.18. The van der Waals surface area contributed by atoms with Crippen LogP contribution in [0, 0.1) is 11.7 Å². The Morgan fingerprint density at radius 3 is 2.82 bits per heavy atom. The van der Waals surface area contributed by atoms with Crippen LogP contribution in [0.5, 0.6) is 5.75 Å². The number of likely N-dealkylation sites (tertiary alicyclic amines) is 1. The van der Waals surface area contributed by atoms with Gasteiger partial charge in [0.1, 0.15) is 11.6 Å². The molecule has 0 bridgehead atoms. The number of halogens is 1. The van der Waals surface area contributed by atoms with Gasteiger partial charge >= 0.3 is 0 Å². The minimum Gasteiger partial charge on any atom is -0.491 e. The van der Waals surface area contributed by atoms with Gasteiger partial charge in [-0.1, -0.05) is 0 Å². The highest BCUT2D eigenvalue weighted by atomic mass is 19.1. The van der Waals surface area contributed by atoms with Gasteiger partial charge in [-0.3, -0.25) is 0 Å². The normalized spacial score (nSPS) is 18.2. The van der Waals surface area contributed by atoms with Gasteiger partial charge in [0.15, 0.2) is 0 Å². The predicted molar refractivity (Wildman–Crippen MR) is 83.7 cm³/mol. The molecule has 1 aromatic rings. The molecule has 1 heterocycles. The predicted octanol–water partition coefficient (Wildman–Crippen LogP) is 1.31. The quantitative estimate of drug-likeness (QED) is 0.708. The smallest absolute Gasteiger partial charge is 0.142 e. The highest BCUT2D eigenvalue weighted by molar-refractivity contribution is 5.56. The summed E-state index contributed by atoms with van der Waals surface area (Å²) in [5.41, 5.74) is 0.500. The van der Waals surface area contributed by atoms with E-state index in [4.69, 9.17) is 9.84 Å². The molecule has 1 aromatic carbocycles. The first-order valence-corrected chi connectivity index (χ1v) is 7.72. The molecule has 1 aliphatic heterocycles. The number of anilines is 1. The van der Waals surface area contributed by atoms with Crippen LogP contribution in [0.4, 0.5) is 10.1 Å². The Balaban J connectivity index is 1.91. The summed E-state index contributed by atoms with van der Waals surface area (Å²) in [4.78, 5) is 2.30. The Kier molecular flexibility index (Phi) is 6.42. The Morgan fingerprint density at radius 2 is 2.14 bits per heavy atom. The zero-order valence-corrected chi connectivity index (χ0v) is 13.0. The summed E-state index contributed by atoms with van der Waals surface area (Å²) >= 11 is 0. The third-order valence-corrected chi connectivity index (χ3v) is 3.99. The molecule has 1 unspecified atom stereocenters. The number of aliphatic hydroxyl groups excluding tert-OH is 2. The summed E-state index contributed by atoms with van der Waals surface area (Å²) in [5.74, 6) is 0.718. The summed E-state index contributed by atoms with van der Waals surface area (Å²) < 4.78 is 19.2. The maximum absolute atomic E-state index is 13.4. The van der Waals surface area contributed by atoms with Crippen molar-refractivity contribution in [1.29, 1.82) is 0 Å². The average Bonchev–Trinajstić information content (AvgIpc) is 2.53. The van der Waals surface area contributed by atoms with Crippen LogP contribution < -0.4 is 10.1 Å². The summed E-state index contributed by atoms with van der Waals surface area (Å²) in [5, 5.41) is 21.1. The van der Waals surface area contributed by atoms with Gasteiger partial charge in [0.25, 0.3) is 0 Å². The van der Waals surface area contributed by atoms with Gasteiger partial charge in [0.2, 0.25) is 0 Å². The van der Waals surface area contributed by atoms with E-state index < -0.39 is 6.10 Å². The third-order valence-electron chi connectivity index (χ3n) is 3.99. The van der Waals surface area contributed by atoms with E-state index in [1.807, 2.05) is 0 Å². The largest absolute Gasteiger partial charge is 0.491 e. The number of ether oxygens (including phenoxy) is 1. The fourth-order valence-corrected chi connectivity index (χ4v) is 2.49. The standard InChI is InChI=1S/C16H25FN2O3/c1-19-6-4-12(5-7-19)11-22-16-3-2-13(17)8-15(16)18-9-14(21)10-20/h2-3,8,12,14,18,20-21H,4-7,9-11H2,1H3. The van der Waals surface area contributed by atoms with Gasteiger partial charge in [-0.15, -0.1) is 0 Å². The van der Waals surface area contributed by atoms with Crippen molar-refractivity contribution in [2.75, 3.05) is 45.2 Å². The van der Waals surface area contributed by atoms with Crippen molar-refractivity contribution in [3.05, 3.63) is 24.0 Å². The Labute approximate surface area is 130 Å². The number of aliphatic hydroxyl groups is 2. The van der Waals surface area contributed by atoms with E-state index in [1.54, 1.807) is 6.07 Å². The van der Waals surface area contributed by atoms with E-state index in [0.717, 1.165) is 25.9 Å². The first-order valence-electron chi connectivity index (χ1n) is 7.72. The lowest BCUT2D eigenvalue weighted by atomic mass is 9.98. The zero-order chi connectivity index (χ0) is 15.9. The van der Waals surface area contributed by atoms with Crippen LogP contribution in [0.3, 0.4) is 0 Å². The molecule has 5 nitrogen and oxygen atoms in total. The molecular weight excluding hydrogens is 287 g/mol. The van der Waals surface area contributed by atoms with E-state index >= 15 is 0 Å². The molecule has 0 amide bonds. The first kappa shape index (κ1) is 17.0. The van der Waals surface area contributed by atoms with Crippen LogP contribution >= 0.6 is 0 Å². The minimum atomic E-state index is -0.884. The monoisotopic (exact) mass is 312 g/mol. The maximum Gasteiger partial charge on any atom is 0.142 e. The summed E-state index contributed by atoms with van der Waals surface area (Å²) in [6, 6.07) is 4.30. The summed E-state index contributed by atoms with van der Waals surface area (Å²) in [6.07, 6.45) is 1.32. The van der Waals surface area contributed by atoms with E-state index in [1.165, 1.54) is 12.1 Å². The van der Waals surface area contributed by atoms with E-state index in [2.05, 4.69) is 17.3 Å². The minimum absolute atomic E-state index is 0.143. The number of rotatable bonds is 7. The molecule has 0 spiro atoms. The molecule has 0 aromatic heterocycles. The molecule has 1 atom stereocenters. The third kappa shape index (κ3) is 5.12. The first-order chi connectivity index (χ1) is 10.6. The molecule has 0 radical (unpaired) electrons. The van der Waals surface area contributed by atoms with Crippen molar-refractivity contribution in [3.63, 3.8) is 0 Å². The number of nitrogens with one attached hydrogen (secondary N) is 1. The highest BCUT2D eigenvalue weighted by Crippen LogP contribution is 2.27. The summed E-state index contributed by atoms with van der Waals surface area (Å²) in [6.45, 7) is 2.56. The van der Waals surface area contributed by atoms with Crippen molar-refractivity contribution in [3.8, 4) is 5.75 Å². The molecular formula is C16H25FN2O3. The van der Waals surface area contributed by atoms with Gasteiger partial charge in [-0.05, 0) is 51.0 Å². The SMILES string of the molecule is CN1CCC(COc2ccc(F)cc2NCC(O)CO)CC1. The second kappa shape index (κ2) is 8.31. The van der Waals surface area contributed by atoms with Crippen molar-refractivity contribution in [1.82, 2.24) is 4.90 Å². The number of hydrogen-bond donors (Lipinski definition) is 3. The van der Waals surface area contributed by atoms with E-state index in [-0.39, 0.29) is 19.0 Å². The van der Waals surface area contributed by atoms with Crippen molar-refractivity contribution in [2.24, 2.45) is 5.92 Å². The lowest BCUT2D eigenvalue weighted by Crippen LogP contribution is -2.32. The fourth-order valence-electron chi connectivity index (χ4n) is 2.49. The van der Waals surface area contributed by atoms with Crippen molar-refractivity contribution in [2.45, 2.75) is 18.9 Å². The van der Waals surface area contributed by atoms with Crippen molar-refractivity contribution >= 4 is 5.69 Å². The molecule has 0 aliphatic carbocycles. The van der Waals surface area contributed by atoms with E-state index in [0.29, 0.717) is 24.0 Å². The van der Waals surface area contributed by atoms with Crippen LogP contribution in [-0.2, 0) is 0 Å². The van der Waals surface area contributed by atoms with Gasteiger partial charge in [0, 0.05) is 12.6 Å². The molecule has 0 saturated carbocycles. The van der Waals surface area contributed by atoms with Gasteiger partial charge in [-0.2, -0.15) is 0 Å². The van der Waals surface area contributed by atoms with Crippen LogP contribution in [0.1, 0.15) is 12.8 Å². The molecule has 6 heteroatoms. The molecule has 22 heavy (non-hydrogen) atoms. The maximum atomic E-state index is 13.4. The second-order valence-electron chi connectivity index (χ2n) is 5.92. The number of piperidine rings is 1. The number of hydrogen-bond acceptors (Lipinski definition) is 5. The van der Waals surface area contributed by atoms with E-state index in [9.17, 15) is 9.50 Å². The molecule has 1 aliphatic rings. The molecule has 1 fully saturated rings. The second-order valence-corrected chi connectivity index (χ2v) is 5.92. The topological polar surface area (TPSA) is 65.0 Å². The molecule has 2 rings (SSSR count). The Morgan fingerprint density at radius 1 is 1.41 bits per heavy atom. The number of benzene rings is 1. The molecule has 1 saturated heterocycles. The van der Waals surface area contributed by atoms with Gasteiger partial charge in [0.05, 0.1) is 25.0 Å². The zero-order valence-electron chi connectivity index (χ0n) is 13.0. The Bertz CT molecular complexity index is 465. The molecule has 124 valence electrons. The number of nitrogens with zero attached hydrogens (tertiary/aromatic N) is 1. The van der Waals surface area contributed by atoms with Crippen LogP contribution in [0.25, 0.3) is 0 Å². The Hall–Kier alpha value is -1.37. The lowest BCUT2D eigenvalue weighted by Gasteiger charge is -2.29. The molecule has 3 N–H and O–H groups in total.